The topological polar surface area (TPSA) is 48.0 Å². The van der Waals surface area contributed by atoms with E-state index in [1.807, 2.05) is 27.7 Å². The zero-order valence-corrected chi connectivity index (χ0v) is 12.8. The summed E-state index contributed by atoms with van der Waals surface area (Å²) in [5.74, 6) is 0.670. The molecular formula is C12H26NO4P. The van der Waals surface area contributed by atoms with Crippen LogP contribution in [0.3, 0.4) is 0 Å². The van der Waals surface area contributed by atoms with E-state index in [9.17, 15) is 4.57 Å². The summed E-state index contributed by atoms with van der Waals surface area (Å²) in [5.41, 5.74) is 0. The SMILES string of the molecule is CC(C)COP(=O)(OCC(C)C)N1CCOCC1. The predicted molar refractivity (Wildman–Crippen MR) is 71.6 cm³/mol. The van der Waals surface area contributed by atoms with Crippen LogP contribution in [-0.4, -0.2) is 44.2 Å². The Bertz CT molecular complexity index is 261. The Labute approximate surface area is 110 Å². The molecule has 108 valence electrons. The molecule has 1 heterocycles. The third kappa shape index (κ3) is 5.37. The van der Waals surface area contributed by atoms with E-state index in [2.05, 4.69) is 0 Å². The first-order chi connectivity index (χ1) is 8.44. The highest BCUT2D eigenvalue weighted by atomic mass is 31.2. The fourth-order valence-electron chi connectivity index (χ4n) is 1.49. The summed E-state index contributed by atoms with van der Waals surface area (Å²) in [6, 6.07) is 0. The summed E-state index contributed by atoms with van der Waals surface area (Å²) >= 11 is 0. The lowest BCUT2D eigenvalue weighted by Gasteiger charge is -2.33. The van der Waals surface area contributed by atoms with Gasteiger partial charge in [0.2, 0.25) is 0 Å². The molecule has 0 amide bonds. The molecule has 0 aliphatic carbocycles. The van der Waals surface area contributed by atoms with Gasteiger partial charge in [0.05, 0.1) is 26.4 Å². The molecule has 1 rings (SSSR count). The Morgan fingerprint density at radius 3 is 1.89 bits per heavy atom. The molecule has 1 fully saturated rings. The predicted octanol–water partition coefficient (Wildman–Crippen LogP) is 2.77. The van der Waals surface area contributed by atoms with Gasteiger partial charge in [-0.15, -0.1) is 0 Å². The first kappa shape index (κ1) is 16.1. The molecule has 0 unspecified atom stereocenters. The Kier molecular flexibility index (Phi) is 6.82. The van der Waals surface area contributed by atoms with Gasteiger partial charge >= 0.3 is 7.75 Å². The normalized spacial score (nSPS) is 18.8. The van der Waals surface area contributed by atoms with Gasteiger partial charge in [0.1, 0.15) is 0 Å². The van der Waals surface area contributed by atoms with E-state index in [4.69, 9.17) is 13.8 Å². The van der Waals surface area contributed by atoms with E-state index >= 15 is 0 Å². The van der Waals surface area contributed by atoms with Crippen LogP contribution in [0.5, 0.6) is 0 Å². The van der Waals surface area contributed by atoms with Crippen molar-refractivity contribution in [1.82, 2.24) is 4.67 Å². The molecule has 0 aromatic heterocycles. The lowest BCUT2D eigenvalue weighted by molar-refractivity contribution is 0.0459. The van der Waals surface area contributed by atoms with Crippen molar-refractivity contribution < 1.29 is 18.3 Å². The Balaban J connectivity index is 2.62. The fraction of sp³-hybridized carbons (Fsp3) is 1.00. The van der Waals surface area contributed by atoms with E-state index in [0.29, 0.717) is 51.4 Å². The Morgan fingerprint density at radius 1 is 1.06 bits per heavy atom. The van der Waals surface area contributed by atoms with Crippen LogP contribution in [-0.2, 0) is 18.3 Å². The van der Waals surface area contributed by atoms with Crippen LogP contribution in [0.25, 0.3) is 0 Å². The summed E-state index contributed by atoms with van der Waals surface area (Å²) in [6.45, 7) is 11.4. The second kappa shape index (κ2) is 7.61. The maximum Gasteiger partial charge on any atom is 0.408 e. The van der Waals surface area contributed by atoms with Crippen LogP contribution < -0.4 is 0 Å². The number of rotatable bonds is 7. The molecule has 0 aromatic rings. The van der Waals surface area contributed by atoms with E-state index in [-0.39, 0.29) is 0 Å². The highest BCUT2D eigenvalue weighted by molar-refractivity contribution is 7.51. The summed E-state index contributed by atoms with van der Waals surface area (Å²) in [7, 11) is -3.15. The molecule has 0 atom stereocenters. The average Bonchev–Trinajstić information content (AvgIpc) is 2.35. The highest BCUT2D eigenvalue weighted by Gasteiger charge is 2.35. The molecule has 0 aromatic carbocycles. The van der Waals surface area contributed by atoms with Gasteiger partial charge in [0.25, 0.3) is 0 Å². The third-order valence-electron chi connectivity index (χ3n) is 2.48. The molecule has 1 aliphatic rings. The lowest BCUT2D eigenvalue weighted by atomic mass is 10.2. The lowest BCUT2D eigenvalue weighted by Crippen LogP contribution is -2.35. The standard InChI is InChI=1S/C12H26NO4P/c1-11(2)9-16-18(14,17-10-12(3)4)13-5-7-15-8-6-13/h11-12H,5-10H2,1-4H3. The van der Waals surface area contributed by atoms with Gasteiger partial charge in [-0.25, -0.2) is 9.24 Å². The molecule has 0 spiro atoms. The van der Waals surface area contributed by atoms with Gasteiger partial charge in [-0.3, -0.25) is 9.05 Å². The Morgan fingerprint density at radius 2 is 1.50 bits per heavy atom. The number of nitrogens with zero attached hydrogens (tertiary/aromatic N) is 1. The second-order valence-electron chi connectivity index (χ2n) is 5.41. The third-order valence-corrected chi connectivity index (χ3v) is 4.52. The Hall–Kier alpha value is 0.0700. The number of hydrogen-bond donors (Lipinski definition) is 0. The molecule has 5 nitrogen and oxygen atoms in total. The minimum absolute atomic E-state index is 0.335. The van der Waals surface area contributed by atoms with E-state index in [1.54, 1.807) is 4.67 Å². The molecular weight excluding hydrogens is 253 g/mol. The minimum Gasteiger partial charge on any atom is -0.379 e. The molecule has 1 aliphatic heterocycles. The summed E-state index contributed by atoms with van der Waals surface area (Å²) < 4.78 is 31.0. The summed E-state index contributed by atoms with van der Waals surface area (Å²) in [5, 5.41) is 0. The molecule has 0 radical (unpaired) electrons. The van der Waals surface area contributed by atoms with Crippen molar-refractivity contribution in [2.24, 2.45) is 11.8 Å². The van der Waals surface area contributed by atoms with Gasteiger partial charge in [0, 0.05) is 13.1 Å². The summed E-state index contributed by atoms with van der Waals surface area (Å²) in [4.78, 5) is 0. The van der Waals surface area contributed by atoms with Gasteiger partial charge in [0.15, 0.2) is 0 Å². The van der Waals surface area contributed by atoms with Crippen LogP contribution in [0.4, 0.5) is 0 Å². The monoisotopic (exact) mass is 279 g/mol. The maximum absolute atomic E-state index is 12.8. The first-order valence-corrected chi connectivity index (χ1v) is 8.16. The van der Waals surface area contributed by atoms with Crippen LogP contribution in [0.15, 0.2) is 0 Å². The maximum atomic E-state index is 12.8. The number of hydrogen-bond acceptors (Lipinski definition) is 4. The van der Waals surface area contributed by atoms with E-state index in [0.717, 1.165) is 0 Å². The van der Waals surface area contributed by atoms with Crippen LogP contribution in [0, 0.1) is 11.8 Å². The molecule has 18 heavy (non-hydrogen) atoms. The zero-order valence-electron chi connectivity index (χ0n) is 11.9. The smallest absolute Gasteiger partial charge is 0.379 e. The molecule has 0 saturated carbocycles. The zero-order chi connectivity index (χ0) is 13.6. The van der Waals surface area contributed by atoms with Crippen molar-refractivity contribution in [1.29, 1.82) is 0 Å². The quantitative estimate of drug-likeness (QED) is 0.671. The molecule has 0 N–H and O–H groups in total. The number of ether oxygens (including phenoxy) is 1. The van der Waals surface area contributed by atoms with Crippen molar-refractivity contribution in [2.75, 3.05) is 39.5 Å². The van der Waals surface area contributed by atoms with Gasteiger partial charge in [-0.05, 0) is 11.8 Å². The largest absolute Gasteiger partial charge is 0.408 e. The fourth-order valence-corrected chi connectivity index (χ4v) is 3.51. The van der Waals surface area contributed by atoms with Gasteiger partial charge in [-0.2, -0.15) is 0 Å². The van der Waals surface area contributed by atoms with Crippen LogP contribution in [0.2, 0.25) is 0 Å². The van der Waals surface area contributed by atoms with Crippen molar-refractivity contribution in [3.8, 4) is 0 Å². The van der Waals surface area contributed by atoms with E-state index in [1.165, 1.54) is 0 Å². The average molecular weight is 279 g/mol. The number of morpholine rings is 1. The van der Waals surface area contributed by atoms with Gasteiger partial charge in [-0.1, -0.05) is 27.7 Å². The van der Waals surface area contributed by atoms with Crippen molar-refractivity contribution >= 4 is 7.75 Å². The summed E-state index contributed by atoms with van der Waals surface area (Å²) in [6.07, 6.45) is 0. The second-order valence-corrected chi connectivity index (χ2v) is 7.43. The molecule has 1 saturated heterocycles. The van der Waals surface area contributed by atoms with Gasteiger partial charge < -0.3 is 4.74 Å². The first-order valence-electron chi connectivity index (χ1n) is 6.66. The van der Waals surface area contributed by atoms with Crippen molar-refractivity contribution in [3.05, 3.63) is 0 Å². The van der Waals surface area contributed by atoms with Crippen molar-refractivity contribution in [3.63, 3.8) is 0 Å². The van der Waals surface area contributed by atoms with Crippen LogP contribution in [0.1, 0.15) is 27.7 Å². The molecule has 6 heteroatoms. The molecule has 0 bridgehead atoms. The minimum atomic E-state index is -3.15. The van der Waals surface area contributed by atoms with Crippen molar-refractivity contribution in [2.45, 2.75) is 27.7 Å². The van der Waals surface area contributed by atoms with E-state index < -0.39 is 7.75 Å². The van der Waals surface area contributed by atoms with Crippen LogP contribution >= 0.6 is 7.75 Å². The highest BCUT2D eigenvalue weighted by Crippen LogP contribution is 2.52.